The normalized spacial score (nSPS) is 10.6. The van der Waals surface area contributed by atoms with Gasteiger partial charge < -0.3 is 10.4 Å². The summed E-state index contributed by atoms with van der Waals surface area (Å²) in [5.41, 5.74) is 2.16. The van der Waals surface area contributed by atoms with Crippen LogP contribution in [0.25, 0.3) is 0 Å². The molecular formula is C13H17N3OS2. The van der Waals surface area contributed by atoms with Crippen LogP contribution in [0.15, 0.2) is 28.6 Å². The average molecular weight is 295 g/mol. The lowest BCUT2D eigenvalue weighted by Crippen LogP contribution is -1.98. The van der Waals surface area contributed by atoms with E-state index in [0.717, 1.165) is 33.8 Å². The number of benzene rings is 1. The van der Waals surface area contributed by atoms with Crippen molar-refractivity contribution >= 4 is 28.2 Å². The van der Waals surface area contributed by atoms with Crippen LogP contribution in [0.1, 0.15) is 24.5 Å². The summed E-state index contributed by atoms with van der Waals surface area (Å²) >= 11 is 3.27. The molecule has 0 bridgehead atoms. The Morgan fingerprint density at radius 3 is 2.63 bits per heavy atom. The maximum Gasteiger partial charge on any atom is 0.206 e. The van der Waals surface area contributed by atoms with Gasteiger partial charge in [-0.2, -0.15) is 0 Å². The van der Waals surface area contributed by atoms with Gasteiger partial charge in [-0.1, -0.05) is 54.3 Å². The van der Waals surface area contributed by atoms with Crippen molar-refractivity contribution in [2.24, 2.45) is 0 Å². The Balaban J connectivity index is 1.85. The summed E-state index contributed by atoms with van der Waals surface area (Å²) in [5, 5.41) is 21.3. The van der Waals surface area contributed by atoms with Gasteiger partial charge in [-0.25, -0.2) is 0 Å². The molecule has 0 radical (unpaired) electrons. The highest BCUT2D eigenvalue weighted by Crippen LogP contribution is 2.28. The number of nitrogens with one attached hydrogen (secondary N) is 1. The van der Waals surface area contributed by atoms with E-state index in [-0.39, 0.29) is 6.61 Å². The number of anilines is 1. The van der Waals surface area contributed by atoms with Gasteiger partial charge in [-0.3, -0.25) is 0 Å². The van der Waals surface area contributed by atoms with Crippen molar-refractivity contribution in [3.63, 3.8) is 0 Å². The highest BCUT2D eigenvalue weighted by Gasteiger charge is 2.04. The molecule has 0 fully saturated rings. The summed E-state index contributed by atoms with van der Waals surface area (Å²) in [6.07, 6.45) is 1.08. The van der Waals surface area contributed by atoms with E-state index in [1.807, 2.05) is 24.3 Å². The predicted molar refractivity (Wildman–Crippen MR) is 80.6 cm³/mol. The summed E-state index contributed by atoms with van der Waals surface area (Å²) in [4.78, 5) is 0. The number of aliphatic hydroxyl groups is 1. The molecule has 0 aliphatic carbocycles. The zero-order chi connectivity index (χ0) is 13.5. The van der Waals surface area contributed by atoms with Crippen molar-refractivity contribution in [3.05, 3.63) is 35.4 Å². The summed E-state index contributed by atoms with van der Waals surface area (Å²) in [6, 6.07) is 7.97. The molecule has 19 heavy (non-hydrogen) atoms. The van der Waals surface area contributed by atoms with Crippen LogP contribution in [0.2, 0.25) is 0 Å². The molecule has 0 unspecified atom stereocenters. The van der Waals surface area contributed by atoms with E-state index in [2.05, 4.69) is 22.4 Å². The quantitative estimate of drug-likeness (QED) is 0.769. The second-order valence-corrected chi connectivity index (χ2v) is 6.26. The fourth-order valence-electron chi connectivity index (χ4n) is 1.46. The third-order valence-corrected chi connectivity index (χ3v) is 4.59. The van der Waals surface area contributed by atoms with Crippen LogP contribution in [-0.2, 0) is 12.4 Å². The van der Waals surface area contributed by atoms with Gasteiger partial charge in [0.15, 0.2) is 4.34 Å². The molecule has 1 aromatic carbocycles. The Hall–Kier alpha value is -1.11. The SMILES string of the molecule is CCCNc1nnc(SCc2ccc(CO)cc2)s1. The van der Waals surface area contributed by atoms with Crippen LogP contribution in [0.5, 0.6) is 0 Å². The third-order valence-electron chi connectivity index (χ3n) is 2.50. The van der Waals surface area contributed by atoms with Crippen LogP contribution in [-0.4, -0.2) is 21.8 Å². The van der Waals surface area contributed by atoms with Crippen LogP contribution < -0.4 is 5.32 Å². The van der Waals surface area contributed by atoms with E-state index in [0.29, 0.717) is 0 Å². The van der Waals surface area contributed by atoms with Crippen LogP contribution in [0.4, 0.5) is 5.13 Å². The number of nitrogens with zero attached hydrogens (tertiary/aromatic N) is 2. The molecule has 0 amide bonds. The minimum atomic E-state index is 0.0935. The van der Waals surface area contributed by atoms with E-state index in [9.17, 15) is 0 Å². The van der Waals surface area contributed by atoms with Crippen molar-refractivity contribution in [1.82, 2.24) is 10.2 Å². The lowest BCUT2D eigenvalue weighted by Gasteiger charge is -2.00. The van der Waals surface area contributed by atoms with Gasteiger partial charge in [0, 0.05) is 12.3 Å². The number of aromatic nitrogens is 2. The molecule has 6 heteroatoms. The molecule has 0 aliphatic heterocycles. The molecule has 0 saturated carbocycles. The average Bonchev–Trinajstić information content (AvgIpc) is 2.91. The van der Waals surface area contributed by atoms with E-state index in [1.54, 1.807) is 23.1 Å². The Morgan fingerprint density at radius 1 is 1.21 bits per heavy atom. The minimum Gasteiger partial charge on any atom is -0.392 e. The zero-order valence-corrected chi connectivity index (χ0v) is 12.4. The zero-order valence-electron chi connectivity index (χ0n) is 10.8. The van der Waals surface area contributed by atoms with E-state index in [1.165, 1.54) is 5.56 Å². The molecule has 1 heterocycles. The van der Waals surface area contributed by atoms with Crippen LogP contribution in [0, 0.1) is 0 Å². The molecule has 1 aromatic heterocycles. The first-order valence-corrected chi connectivity index (χ1v) is 8.01. The first kappa shape index (κ1) is 14.3. The standard InChI is InChI=1S/C13H17N3OS2/c1-2-7-14-12-15-16-13(19-12)18-9-11-5-3-10(8-17)4-6-11/h3-6,17H,2,7-9H2,1H3,(H,14,15). The second-order valence-electron chi connectivity index (χ2n) is 4.06. The smallest absolute Gasteiger partial charge is 0.206 e. The first-order chi connectivity index (χ1) is 9.31. The predicted octanol–water partition coefficient (Wildman–Crippen LogP) is 3.14. The van der Waals surface area contributed by atoms with Crippen molar-refractivity contribution < 1.29 is 5.11 Å². The van der Waals surface area contributed by atoms with Gasteiger partial charge in [0.1, 0.15) is 0 Å². The molecule has 2 rings (SSSR count). The summed E-state index contributed by atoms with van der Waals surface area (Å²) in [7, 11) is 0. The summed E-state index contributed by atoms with van der Waals surface area (Å²) in [6.45, 7) is 3.15. The second kappa shape index (κ2) is 7.47. The Kier molecular flexibility index (Phi) is 5.62. The van der Waals surface area contributed by atoms with Crippen molar-refractivity contribution in [2.45, 2.75) is 30.0 Å². The minimum absolute atomic E-state index is 0.0935. The highest BCUT2D eigenvalue weighted by molar-refractivity contribution is 8.00. The lowest BCUT2D eigenvalue weighted by molar-refractivity contribution is 0.282. The van der Waals surface area contributed by atoms with Gasteiger partial charge >= 0.3 is 0 Å². The van der Waals surface area contributed by atoms with Crippen LogP contribution in [0.3, 0.4) is 0 Å². The molecular weight excluding hydrogens is 278 g/mol. The largest absolute Gasteiger partial charge is 0.392 e. The fourth-order valence-corrected chi connectivity index (χ4v) is 3.19. The lowest BCUT2D eigenvalue weighted by atomic mass is 10.2. The van der Waals surface area contributed by atoms with Crippen LogP contribution >= 0.6 is 23.1 Å². The van der Waals surface area contributed by atoms with E-state index >= 15 is 0 Å². The van der Waals surface area contributed by atoms with Gasteiger partial charge in [-0.05, 0) is 17.5 Å². The first-order valence-electron chi connectivity index (χ1n) is 6.20. The maximum atomic E-state index is 8.98. The van der Waals surface area contributed by atoms with Gasteiger partial charge in [-0.15, -0.1) is 10.2 Å². The van der Waals surface area contributed by atoms with Crippen molar-refractivity contribution in [2.75, 3.05) is 11.9 Å². The number of aliphatic hydroxyl groups excluding tert-OH is 1. The van der Waals surface area contributed by atoms with Crippen molar-refractivity contribution in [1.29, 1.82) is 0 Å². The Morgan fingerprint density at radius 2 is 1.95 bits per heavy atom. The molecule has 102 valence electrons. The fraction of sp³-hybridized carbons (Fsp3) is 0.385. The summed E-state index contributed by atoms with van der Waals surface area (Å²) in [5.74, 6) is 0.869. The Labute approximate surface area is 121 Å². The molecule has 0 saturated heterocycles. The van der Waals surface area contributed by atoms with E-state index < -0.39 is 0 Å². The van der Waals surface area contributed by atoms with E-state index in [4.69, 9.17) is 5.11 Å². The van der Waals surface area contributed by atoms with Gasteiger partial charge in [0.25, 0.3) is 0 Å². The van der Waals surface area contributed by atoms with Gasteiger partial charge in [0.2, 0.25) is 5.13 Å². The van der Waals surface area contributed by atoms with Crippen molar-refractivity contribution in [3.8, 4) is 0 Å². The molecule has 2 N–H and O–H groups in total. The molecule has 0 spiro atoms. The summed E-state index contributed by atoms with van der Waals surface area (Å²) < 4.78 is 0.977. The Bertz CT molecular complexity index is 499. The maximum absolute atomic E-state index is 8.98. The highest BCUT2D eigenvalue weighted by atomic mass is 32.2. The molecule has 2 aromatic rings. The number of thioether (sulfide) groups is 1. The number of hydrogen-bond acceptors (Lipinski definition) is 6. The molecule has 4 nitrogen and oxygen atoms in total. The van der Waals surface area contributed by atoms with Gasteiger partial charge in [0.05, 0.1) is 6.61 Å². The monoisotopic (exact) mass is 295 g/mol. The molecule has 0 atom stereocenters. The third kappa shape index (κ3) is 4.49. The molecule has 0 aliphatic rings. The topological polar surface area (TPSA) is 58.0 Å². The number of hydrogen-bond donors (Lipinski definition) is 2. The number of rotatable bonds is 7.